The highest BCUT2D eigenvalue weighted by Crippen LogP contribution is 2.10. The van der Waals surface area contributed by atoms with Crippen LogP contribution in [0.1, 0.15) is 16.1 Å². The van der Waals surface area contributed by atoms with E-state index in [0.29, 0.717) is 10.9 Å². The first-order chi connectivity index (χ1) is 12.7. The smallest absolute Gasteiger partial charge is 0.276 e. The van der Waals surface area contributed by atoms with Gasteiger partial charge in [-0.05, 0) is 35.9 Å². The average Bonchev–Trinajstić information content (AvgIpc) is 3.22. The zero-order chi connectivity index (χ0) is 17.9. The third-order valence-corrected chi connectivity index (χ3v) is 4.02. The summed E-state index contributed by atoms with van der Waals surface area (Å²) in [7, 11) is 0. The SMILES string of the molecule is O=C(NCc1cccc(-n2cccn2)c1)c1n[nH]c2ccccc2c1=O. The second-order valence-corrected chi connectivity index (χ2v) is 5.75. The standard InChI is InChI=1S/C19H15N5O2/c25-18-15-7-1-2-8-16(15)22-23-17(18)19(26)20-12-13-5-3-6-14(11-13)24-10-4-9-21-24/h1-11H,12H2,(H,20,26)(H,22,25). The first kappa shape index (κ1) is 15.8. The minimum atomic E-state index is -0.513. The molecule has 2 aromatic carbocycles. The Bertz CT molecular complexity index is 1130. The van der Waals surface area contributed by atoms with E-state index in [-0.39, 0.29) is 17.7 Å². The van der Waals surface area contributed by atoms with Crippen molar-refractivity contribution in [1.82, 2.24) is 25.3 Å². The Morgan fingerprint density at radius 1 is 1.12 bits per heavy atom. The molecule has 0 aliphatic carbocycles. The second kappa shape index (κ2) is 6.64. The summed E-state index contributed by atoms with van der Waals surface area (Å²) in [5.74, 6) is -0.513. The van der Waals surface area contributed by atoms with Crippen molar-refractivity contribution >= 4 is 16.8 Å². The number of para-hydroxylation sites is 1. The summed E-state index contributed by atoms with van der Waals surface area (Å²) in [4.78, 5) is 24.8. The Morgan fingerprint density at radius 3 is 2.85 bits per heavy atom. The lowest BCUT2D eigenvalue weighted by Crippen LogP contribution is -2.30. The number of benzene rings is 2. The van der Waals surface area contributed by atoms with Crippen LogP contribution in [0.2, 0.25) is 0 Å². The van der Waals surface area contributed by atoms with Gasteiger partial charge in [-0.2, -0.15) is 10.2 Å². The summed E-state index contributed by atoms with van der Waals surface area (Å²) < 4.78 is 1.74. The maximum Gasteiger partial charge on any atom is 0.276 e. The highest BCUT2D eigenvalue weighted by Gasteiger charge is 2.14. The third kappa shape index (κ3) is 2.98. The van der Waals surface area contributed by atoms with E-state index in [1.807, 2.05) is 36.5 Å². The maximum absolute atomic E-state index is 12.4. The first-order valence-electron chi connectivity index (χ1n) is 8.07. The van der Waals surface area contributed by atoms with Gasteiger partial charge in [-0.25, -0.2) is 4.68 Å². The summed E-state index contributed by atoms with van der Waals surface area (Å²) in [5, 5.41) is 14.0. The molecule has 128 valence electrons. The number of aromatic amines is 1. The lowest BCUT2D eigenvalue weighted by atomic mass is 10.2. The van der Waals surface area contributed by atoms with Gasteiger partial charge in [0.05, 0.1) is 11.2 Å². The van der Waals surface area contributed by atoms with Gasteiger partial charge < -0.3 is 5.32 Å². The van der Waals surface area contributed by atoms with E-state index >= 15 is 0 Å². The van der Waals surface area contributed by atoms with E-state index in [1.165, 1.54) is 0 Å². The van der Waals surface area contributed by atoms with Crippen molar-refractivity contribution in [3.8, 4) is 5.69 Å². The molecule has 2 heterocycles. The molecular weight excluding hydrogens is 330 g/mol. The van der Waals surface area contributed by atoms with Gasteiger partial charge in [-0.15, -0.1) is 0 Å². The van der Waals surface area contributed by atoms with E-state index in [0.717, 1.165) is 11.3 Å². The molecule has 0 unspecified atom stereocenters. The fourth-order valence-electron chi connectivity index (χ4n) is 2.72. The van der Waals surface area contributed by atoms with Crippen molar-refractivity contribution in [3.05, 3.63) is 88.5 Å². The molecule has 7 nitrogen and oxygen atoms in total. The predicted octanol–water partition coefficient (Wildman–Crippen LogP) is 2.04. The number of hydrogen-bond donors (Lipinski definition) is 2. The van der Waals surface area contributed by atoms with Crippen LogP contribution >= 0.6 is 0 Å². The lowest BCUT2D eigenvalue weighted by Gasteiger charge is -2.07. The largest absolute Gasteiger partial charge is 0.346 e. The van der Waals surface area contributed by atoms with Crippen molar-refractivity contribution in [1.29, 1.82) is 0 Å². The minimum Gasteiger partial charge on any atom is -0.346 e. The molecule has 0 aliphatic heterocycles. The lowest BCUT2D eigenvalue weighted by molar-refractivity contribution is 0.0944. The summed E-state index contributed by atoms with van der Waals surface area (Å²) in [5.41, 5.74) is 1.85. The molecule has 0 bridgehead atoms. The highest BCUT2D eigenvalue weighted by molar-refractivity contribution is 5.95. The fraction of sp³-hybridized carbons (Fsp3) is 0.0526. The quantitative estimate of drug-likeness (QED) is 0.592. The molecule has 0 spiro atoms. The number of amides is 1. The molecule has 1 amide bonds. The van der Waals surface area contributed by atoms with E-state index in [1.54, 1.807) is 35.1 Å². The molecule has 0 fully saturated rings. The topological polar surface area (TPSA) is 92.7 Å². The highest BCUT2D eigenvalue weighted by atomic mass is 16.2. The summed E-state index contributed by atoms with van der Waals surface area (Å²) in [6, 6.07) is 16.4. The van der Waals surface area contributed by atoms with Gasteiger partial charge in [0.1, 0.15) is 0 Å². The van der Waals surface area contributed by atoms with Crippen molar-refractivity contribution in [2.75, 3.05) is 0 Å². The van der Waals surface area contributed by atoms with Crippen LogP contribution in [0.25, 0.3) is 16.6 Å². The van der Waals surface area contributed by atoms with Crippen LogP contribution in [-0.2, 0) is 6.54 Å². The molecule has 0 saturated heterocycles. The number of nitrogens with zero attached hydrogens (tertiary/aromatic N) is 3. The van der Waals surface area contributed by atoms with Crippen molar-refractivity contribution in [2.45, 2.75) is 6.54 Å². The zero-order valence-corrected chi connectivity index (χ0v) is 13.7. The van der Waals surface area contributed by atoms with Crippen LogP contribution in [0.4, 0.5) is 0 Å². The number of fused-ring (bicyclic) bond motifs is 1. The zero-order valence-electron chi connectivity index (χ0n) is 13.7. The Labute approximate surface area is 148 Å². The van der Waals surface area contributed by atoms with Crippen LogP contribution in [0.15, 0.2) is 71.8 Å². The van der Waals surface area contributed by atoms with Crippen LogP contribution in [0, 0.1) is 0 Å². The number of H-pyrrole nitrogens is 1. The molecule has 0 radical (unpaired) electrons. The first-order valence-corrected chi connectivity index (χ1v) is 8.07. The second-order valence-electron chi connectivity index (χ2n) is 5.75. The van der Waals surface area contributed by atoms with E-state index < -0.39 is 5.91 Å². The number of rotatable bonds is 4. The van der Waals surface area contributed by atoms with Crippen LogP contribution < -0.4 is 10.7 Å². The van der Waals surface area contributed by atoms with Crippen LogP contribution in [0.3, 0.4) is 0 Å². The molecule has 0 aliphatic rings. The van der Waals surface area contributed by atoms with Crippen LogP contribution in [-0.4, -0.2) is 25.9 Å². The van der Waals surface area contributed by atoms with Gasteiger partial charge in [0.2, 0.25) is 5.43 Å². The number of nitrogens with one attached hydrogen (secondary N) is 2. The molecule has 7 heteroatoms. The van der Waals surface area contributed by atoms with Crippen molar-refractivity contribution < 1.29 is 4.79 Å². The number of aromatic nitrogens is 4. The molecular formula is C19H15N5O2. The Balaban J connectivity index is 1.54. The van der Waals surface area contributed by atoms with Crippen LogP contribution in [0.5, 0.6) is 0 Å². The summed E-state index contributed by atoms with van der Waals surface area (Å²) in [6.45, 7) is 0.280. The summed E-state index contributed by atoms with van der Waals surface area (Å²) in [6.07, 6.45) is 3.54. The molecule has 4 rings (SSSR count). The van der Waals surface area contributed by atoms with Gasteiger partial charge >= 0.3 is 0 Å². The molecule has 4 aromatic rings. The van der Waals surface area contributed by atoms with E-state index in [9.17, 15) is 9.59 Å². The monoisotopic (exact) mass is 345 g/mol. The van der Waals surface area contributed by atoms with Crippen molar-refractivity contribution in [2.24, 2.45) is 0 Å². The Morgan fingerprint density at radius 2 is 2.00 bits per heavy atom. The fourth-order valence-corrected chi connectivity index (χ4v) is 2.72. The van der Waals surface area contributed by atoms with Gasteiger partial charge in [-0.1, -0.05) is 24.3 Å². The number of carbonyl (C=O) groups excluding carboxylic acids is 1. The van der Waals surface area contributed by atoms with Gasteiger partial charge in [0, 0.05) is 24.3 Å². The maximum atomic E-state index is 12.4. The third-order valence-electron chi connectivity index (χ3n) is 4.02. The Hall–Kier alpha value is -3.74. The number of hydrogen-bond acceptors (Lipinski definition) is 4. The van der Waals surface area contributed by atoms with E-state index in [2.05, 4.69) is 20.6 Å². The molecule has 0 atom stereocenters. The molecule has 2 aromatic heterocycles. The van der Waals surface area contributed by atoms with Gasteiger partial charge in [0.15, 0.2) is 5.69 Å². The molecule has 2 N–H and O–H groups in total. The predicted molar refractivity (Wildman–Crippen MR) is 97.1 cm³/mol. The summed E-state index contributed by atoms with van der Waals surface area (Å²) >= 11 is 0. The van der Waals surface area contributed by atoms with E-state index in [4.69, 9.17) is 0 Å². The minimum absolute atomic E-state index is 0.146. The average molecular weight is 345 g/mol. The molecule has 26 heavy (non-hydrogen) atoms. The normalized spacial score (nSPS) is 10.8. The van der Waals surface area contributed by atoms with Crippen molar-refractivity contribution in [3.63, 3.8) is 0 Å². The van der Waals surface area contributed by atoms with Gasteiger partial charge in [0.25, 0.3) is 5.91 Å². The number of carbonyl (C=O) groups is 1. The molecule has 0 saturated carbocycles. The Kier molecular flexibility index (Phi) is 4.03. The van der Waals surface area contributed by atoms with Gasteiger partial charge in [-0.3, -0.25) is 14.7 Å².